The van der Waals surface area contributed by atoms with Gasteiger partial charge in [0, 0.05) is 24.7 Å². The van der Waals surface area contributed by atoms with Crippen LogP contribution in [0.3, 0.4) is 0 Å². The molecule has 4 aromatic rings. The van der Waals surface area contributed by atoms with E-state index in [0.29, 0.717) is 24.4 Å². The van der Waals surface area contributed by atoms with Crippen LogP contribution in [0.2, 0.25) is 0 Å². The molecule has 0 aliphatic carbocycles. The molecule has 0 N–H and O–H groups in total. The van der Waals surface area contributed by atoms with Crippen molar-refractivity contribution in [3.8, 4) is 10.6 Å². The number of thiazole rings is 1. The van der Waals surface area contributed by atoms with Crippen LogP contribution < -0.4 is 0 Å². The predicted octanol–water partition coefficient (Wildman–Crippen LogP) is 5.46. The number of pyridine rings is 1. The number of rotatable bonds is 5. The standard InChI is InChI=1S/C25H24N4O2S/c1-17-23(32-16-28-17)21-14-19(10-11-26-21)25(30)29-12-6-5-9-22(29)24-27-15-20(31-24)13-18-7-3-2-4-8-18/h2-4,7-8,10-11,14-16,22H,5-6,9,12-13H2,1H3. The van der Waals surface area contributed by atoms with Gasteiger partial charge in [0.15, 0.2) is 0 Å². The smallest absolute Gasteiger partial charge is 0.254 e. The molecule has 7 heteroatoms. The molecule has 6 nitrogen and oxygen atoms in total. The van der Waals surface area contributed by atoms with E-state index in [1.54, 1.807) is 24.0 Å². The maximum absolute atomic E-state index is 13.5. The van der Waals surface area contributed by atoms with Crippen LogP contribution in [0, 0.1) is 6.92 Å². The summed E-state index contributed by atoms with van der Waals surface area (Å²) in [6, 6.07) is 13.7. The second kappa shape index (κ2) is 9.04. The summed E-state index contributed by atoms with van der Waals surface area (Å²) >= 11 is 1.54. The van der Waals surface area contributed by atoms with Gasteiger partial charge in [0.05, 0.1) is 28.0 Å². The van der Waals surface area contributed by atoms with Crippen LogP contribution in [0.15, 0.2) is 64.8 Å². The zero-order valence-corrected chi connectivity index (χ0v) is 18.7. The first-order chi connectivity index (χ1) is 15.7. The molecule has 1 aromatic carbocycles. The summed E-state index contributed by atoms with van der Waals surface area (Å²) in [7, 11) is 0. The normalized spacial score (nSPS) is 16.3. The van der Waals surface area contributed by atoms with E-state index in [9.17, 15) is 4.79 Å². The summed E-state index contributed by atoms with van der Waals surface area (Å²) in [6.07, 6.45) is 7.05. The van der Waals surface area contributed by atoms with Gasteiger partial charge in [-0.3, -0.25) is 9.78 Å². The Balaban J connectivity index is 1.38. The van der Waals surface area contributed by atoms with Crippen molar-refractivity contribution in [3.63, 3.8) is 0 Å². The van der Waals surface area contributed by atoms with Gasteiger partial charge in [-0.1, -0.05) is 30.3 Å². The van der Waals surface area contributed by atoms with Crippen LogP contribution >= 0.6 is 11.3 Å². The van der Waals surface area contributed by atoms with Gasteiger partial charge in [0.1, 0.15) is 11.8 Å². The molecule has 162 valence electrons. The quantitative estimate of drug-likeness (QED) is 0.409. The maximum Gasteiger partial charge on any atom is 0.254 e. The second-order valence-corrected chi connectivity index (χ2v) is 8.89. The van der Waals surface area contributed by atoms with Crippen molar-refractivity contribution in [2.45, 2.75) is 38.6 Å². The Hall–Kier alpha value is -3.32. The van der Waals surface area contributed by atoms with Gasteiger partial charge in [-0.2, -0.15) is 0 Å². The summed E-state index contributed by atoms with van der Waals surface area (Å²) in [5.74, 6) is 1.43. The Labute approximate surface area is 191 Å². The summed E-state index contributed by atoms with van der Waals surface area (Å²) in [6.45, 7) is 2.65. The number of amides is 1. The highest BCUT2D eigenvalue weighted by Gasteiger charge is 2.32. The molecule has 4 heterocycles. The Kier molecular flexibility index (Phi) is 5.81. The van der Waals surface area contributed by atoms with Crippen LogP contribution in [-0.4, -0.2) is 32.3 Å². The number of nitrogens with zero attached hydrogens (tertiary/aromatic N) is 4. The van der Waals surface area contributed by atoms with Gasteiger partial charge in [-0.25, -0.2) is 9.97 Å². The summed E-state index contributed by atoms with van der Waals surface area (Å²) < 4.78 is 6.12. The predicted molar refractivity (Wildman–Crippen MR) is 123 cm³/mol. The van der Waals surface area contributed by atoms with Crippen molar-refractivity contribution in [2.75, 3.05) is 6.54 Å². The van der Waals surface area contributed by atoms with E-state index in [1.165, 1.54) is 16.9 Å². The number of carbonyl (C=O) groups excluding carboxylic acids is 1. The highest BCUT2D eigenvalue weighted by atomic mass is 32.1. The fraction of sp³-hybridized carbons (Fsp3) is 0.280. The highest BCUT2D eigenvalue weighted by Crippen LogP contribution is 2.33. The number of aromatic nitrogens is 3. The van der Waals surface area contributed by atoms with Crippen LogP contribution in [-0.2, 0) is 6.42 Å². The summed E-state index contributed by atoms with van der Waals surface area (Å²) in [4.78, 5) is 29.7. The molecule has 0 bridgehead atoms. The van der Waals surface area contributed by atoms with Crippen molar-refractivity contribution in [2.24, 2.45) is 0 Å². The molecule has 1 aliphatic heterocycles. The summed E-state index contributed by atoms with van der Waals surface area (Å²) in [5, 5.41) is 0. The summed E-state index contributed by atoms with van der Waals surface area (Å²) in [5.41, 5.74) is 5.32. The van der Waals surface area contributed by atoms with E-state index in [4.69, 9.17) is 4.42 Å². The van der Waals surface area contributed by atoms with E-state index in [2.05, 4.69) is 27.1 Å². The zero-order valence-electron chi connectivity index (χ0n) is 17.9. The molecule has 1 amide bonds. The van der Waals surface area contributed by atoms with Gasteiger partial charge < -0.3 is 9.32 Å². The molecule has 5 rings (SSSR count). The zero-order chi connectivity index (χ0) is 21.9. The average Bonchev–Trinajstić information content (AvgIpc) is 3.48. The molecule has 1 saturated heterocycles. The molecular weight excluding hydrogens is 420 g/mol. The van der Waals surface area contributed by atoms with E-state index in [1.807, 2.05) is 36.1 Å². The third-order valence-corrected chi connectivity index (χ3v) is 6.78. The lowest BCUT2D eigenvalue weighted by atomic mass is 10.0. The van der Waals surface area contributed by atoms with E-state index < -0.39 is 0 Å². The third-order valence-electron chi connectivity index (χ3n) is 5.83. The van der Waals surface area contributed by atoms with Crippen molar-refractivity contribution in [3.05, 3.63) is 88.8 Å². The topological polar surface area (TPSA) is 72.1 Å². The van der Waals surface area contributed by atoms with Crippen LogP contribution in [0.1, 0.15) is 58.6 Å². The fourth-order valence-corrected chi connectivity index (χ4v) is 4.96. The van der Waals surface area contributed by atoms with E-state index in [-0.39, 0.29) is 11.9 Å². The lowest BCUT2D eigenvalue weighted by molar-refractivity contribution is 0.0570. The number of piperidine rings is 1. The number of hydrogen-bond donors (Lipinski definition) is 0. The van der Waals surface area contributed by atoms with Crippen LogP contribution in [0.5, 0.6) is 0 Å². The minimum absolute atomic E-state index is 0.0108. The molecule has 0 saturated carbocycles. The van der Waals surface area contributed by atoms with Crippen LogP contribution in [0.25, 0.3) is 10.6 Å². The van der Waals surface area contributed by atoms with Gasteiger partial charge >= 0.3 is 0 Å². The molecule has 1 fully saturated rings. The van der Waals surface area contributed by atoms with Gasteiger partial charge in [0.25, 0.3) is 5.91 Å². The Bertz CT molecular complexity index is 1220. The Morgan fingerprint density at radius 1 is 1.16 bits per heavy atom. The van der Waals surface area contributed by atoms with Crippen LogP contribution in [0.4, 0.5) is 0 Å². The molecule has 32 heavy (non-hydrogen) atoms. The molecule has 0 spiro atoms. The third kappa shape index (κ3) is 4.21. The number of oxazole rings is 1. The molecule has 0 radical (unpaired) electrons. The molecule has 1 unspecified atom stereocenters. The number of hydrogen-bond acceptors (Lipinski definition) is 6. The number of benzene rings is 1. The number of aryl methyl sites for hydroxylation is 1. The van der Waals surface area contributed by atoms with Gasteiger partial charge in [-0.05, 0) is 43.9 Å². The van der Waals surface area contributed by atoms with E-state index in [0.717, 1.165) is 41.3 Å². The highest BCUT2D eigenvalue weighted by molar-refractivity contribution is 7.13. The molecule has 3 aromatic heterocycles. The molecular formula is C25H24N4O2S. The Morgan fingerprint density at radius 2 is 2.03 bits per heavy atom. The fourth-order valence-electron chi connectivity index (χ4n) is 4.19. The maximum atomic E-state index is 13.5. The monoisotopic (exact) mass is 444 g/mol. The lowest BCUT2D eigenvalue weighted by Crippen LogP contribution is -2.38. The minimum Gasteiger partial charge on any atom is -0.443 e. The van der Waals surface area contributed by atoms with Gasteiger partial charge in [0.2, 0.25) is 5.89 Å². The van der Waals surface area contributed by atoms with Crippen molar-refractivity contribution in [1.29, 1.82) is 0 Å². The minimum atomic E-state index is -0.150. The largest absolute Gasteiger partial charge is 0.443 e. The van der Waals surface area contributed by atoms with Gasteiger partial charge in [-0.15, -0.1) is 11.3 Å². The van der Waals surface area contributed by atoms with Crippen molar-refractivity contribution < 1.29 is 9.21 Å². The lowest BCUT2D eigenvalue weighted by Gasteiger charge is -2.33. The average molecular weight is 445 g/mol. The number of carbonyl (C=O) groups is 1. The Morgan fingerprint density at radius 3 is 2.84 bits per heavy atom. The van der Waals surface area contributed by atoms with E-state index >= 15 is 0 Å². The van der Waals surface area contributed by atoms with Crippen molar-refractivity contribution in [1.82, 2.24) is 19.9 Å². The molecule has 1 atom stereocenters. The number of likely N-dealkylation sites (tertiary alicyclic amines) is 1. The first kappa shape index (κ1) is 20.6. The first-order valence-electron chi connectivity index (χ1n) is 10.8. The molecule has 1 aliphatic rings. The second-order valence-electron chi connectivity index (χ2n) is 8.03. The first-order valence-corrected chi connectivity index (χ1v) is 11.7. The van der Waals surface area contributed by atoms with Crippen molar-refractivity contribution >= 4 is 17.2 Å². The SMILES string of the molecule is Cc1ncsc1-c1cc(C(=O)N2CCCCC2c2ncc(Cc3ccccc3)o2)ccn1.